The van der Waals surface area contributed by atoms with E-state index in [0.29, 0.717) is 17.1 Å². The van der Waals surface area contributed by atoms with Crippen molar-refractivity contribution in [3.63, 3.8) is 0 Å². The number of allylic oxidation sites excluding steroid dienone is 1. The summed E-state index contributed by atoms with van der Waals surface area (Å²) in [5.41, 5.74) is 1.88. The summed E-state index contributed by atoms with van der Waals surface area (Å²) in [7, 11) is -3.75. The van der Waals surface area contributed by atoms with Crippen LogP contribution in [0.5, 0.6) is 0 Å². The molecule has 2 aromatic rings. The smallest absolute Gasteiger partial charge is 0.263 e. The minimum atomic E-state index is -3.75. The predicted octanol–water partition coefficient (Wildman–Crippen LogP) is 2.58. The summed E-state index contributed by atoms with van der Waals surface area (Å²) in [5.74, 6) is 0.638. The summed E-state index contributed by atoms with van der Waals surface area (Å²) >= 11 is 0. The molecule has 7 heteroatoms. The number of aromatic nitrogens is 2. The van der Waals surface area contributed by atoms with Crippen molar-refractivity contribution in [1.82, 2.24) is 9.97 Å². The zero-order chi connectivity index (χ0) is 17.9. The van der Waals surface area contributed by atoms with E-state index in [4.69, 9.17) is 0 Å². The van der Waals surface area contributed by atoms with Gasteiger partial charge in [0, 0.05) is 18.2 Å². The Hall–Kier alpha value is -2.54. The van der Waals surface area contributed by atoms with E-state index in [9.17, 15) is 13.2 Å². The van der Waals surface area contributed by atoms with Crippen LogP contribution in [0.2, 0.25) is 0 Å². The molecule has 0 unspecified atom stereocenters. The Bertz CT molecular complexity index is 868. The first kappa shape index (κ1) is 17.8. The van der Waals surface area contributed by atoms with E-state index < -0.39 is 10.0 Å². The number of hydrogen-bond acceptors (Lipinski definition) is 5. The lowest BCUT2D eigenvalue weighted by molar-refractivity contribution is -0.114. The molecule has 0 aliphatic heterocycles. The quantitative estimate of drug-likeness (QED) is 0.813. The number of benzene rings is 1. The SMILES string of the molecule is C=C(C)C(=O)Cc1ccc(S(=O)(=O)Nc2cc(C)nc(C)n2)cc1. The van der Waals surface area contributed by atoms with E-state index in [1.165, 1.54) is 12.1 Å². The van der Waals surface area contributed by atoms with Crippen LogP contribution in [0.4, 0.5) is 5.82 Å². The average Bonchev–Trinajstić information content (AvgIpc) is 2.46. The van der Waals surface area contributed by atoms with Crippen LogP contribution in [0.1, 0.15) is 24.0 Å². The normalized spacial score (nSPS) is 11.1. The van der Waals surface area contributed by atoms with Gasteiger partial charge in [0.15, 0.2) is 5.78 Å². The lowest BCUT2D eigenvalue weighted by Crippen LogP contribution is -2.15. The predicted molar refractivity (Wildman–Crippen MR) is 92.3 cm³/mol. The highest BCUT2D eigenvalue weighted by molar-refractivity contribution is 7.92. The summed E-state index contributed by atoms with van der Waals surface area (Å²) in [6, 6.07) is 7.72. The lowest BCUT2D eigenvalue weighted by atomic mass is 10.1. The van der Waals surface area contributed by atoms with E-state index in [1.807, 2.05) is 0 Å². The van der Waals surface area contributed by atoms with Gasteiger partial charge in [-0.2, -0.15) is 0 Å². The van der Waals surface area contributed by atoms with Crippen LogP contribution >= 0.6 is 0 Å². The zero-order valence-corrected chi connectivity index (χ0v) is 14.6. The Kier molecular flexibility index (Phi) is 5.14. The molecule has 0 saturated carbocycles. The third-order valence-corrected chi connectivity index (χ3v) is 4.65. The van der Waals surface area contributed by atoms with E-state index >= 15 is 0 Å². The number of Topliss-reactive ketones (excluding diaryl/α,β-unsaturated/α-hetero) is 1. The number of ketones is 1. The minimum absolute atomic E-state index is 0.0735. The van der Waals surface area contributed by atoms with Gasteiger partial charge < -0.3 is 0 Å². The first-order valence-electron chi connectivity index (χ1n) is 7.30. The van der Waals surface area contributed by atoms with Crippen molar-refractivity contribution >= 4 is 21.6 Å². The van der Waals surface area contributed by atoms with E-state index in [1.54, 1.807) is 39.0 Å². The average molecular weight is 345 g/mol. The van der Waals surface area contributed by atoms with Gasteiger partial charge in [-0.05, 0) is 44.0 Å². The van der Waals surface area contributed by atoms with E-state index in [2.05, 4.69) is 21.3 Å². The summed E-state index contributed by atoms with van der Waals surface area (Å²) in [6.07, 6.45) is 0.202. The molecule has 24 heavy (non-hydrogen) atoms. The summed E-state index contributed by atoms with van der Waals surface area (Å²) in [5, 5.41) is 0. The molecule has 0 amide bonds. The van der Waals surface area contributed by atoms with E-state index in [0.717, 1.165) is 5.56 Å². The molecular weight excluding hydrogens is 326 g/mol. The molecular formula is C17H19N3O3S. The van der Waals surface area contributed by atoms with Crippen LogP contribution in [-0.2, 0) is 21.2 Å². The third-order valence-electron chi connectivity index (χ3n) is 3.28. The molecule has 0 atom stereocenters. The van der Waals surface area contributed by atoms with Gasteiger partial charge >= 0.3 is 0 Å². The Morgan fingerprint density at radius 3 is 2.33 bits per heavy atom. The number of aryl methyl sites for hydroxylation is 2. The zero-order valence-electron chi connectivity index (χ0n) is 13.8. The topological polar surface area (TPSA) is 89.0 Å². The largest absolute Gasteiger partial charge is 0.294 e. The number of nitrogens with zero attached hydrogens (tertiary/aromatic N) is 2. The summed E-state index contributed by atoms with van der Waals surface area (Å²) in [6.45, 7) is 8.71. The molecule has 1 aromatic heterocycles. The van der Waals surface area contributed by atoms with Crippen molar-refractivity contribution in [3.05, 3.63) is 59.6 Å². The van der Waals surface area contributed by atoms with Gasteiger partial charge in [0.2, 0.25) is 0 Å². The Labute approximate surface area is 141 Å². The molecule has 0 aliphatic carbocycles. The fourth-order valence-corrected chi connectivity index (χ4v) is 3.08. The highest BCUT2D eigenvalue weighted by Gasteiger charge is 2.16. The Morgan fingerprint density at radius 2 is 1.79 bits per heavy atom. The third kappa shape index (κ3) is 4.48. The second-order valence-electron chi connectivity index (χ2n) is 5.57. The minimum Gasteiger partial charge on any atom is -0.294 e. The Balaban J connectivity index is 2.20. The second kappa shape index (κ2) is 6.92. The van der Waals surface area contributed by atoms with Crippen molar-refractivity contribution in [2.75, 3.05) is 4.72 Å². The highest BCUT2D eigenvalue weighted by atomic mass is 32.2. The number of carbonyl (C=O) groups excluding carboxylic acids is 1. The van der Waals surface area contributed by atoms with Crippen molar-refractivity contribution < 1.29 is 13.2 Å². The molecule has 0 bridgehead atoms. The van der Waals surface area contributed by atoms with E-state index in [-0.39, 0.29) is 22.9 Å². The summed E-state index contributed by atoms with van der Waals surface area (Å²) < 4.78 is 27.3. The fourth-order valence-electron chi connectivity index (χ4n) is 2.09. The fraction of sp³-hybridized carbons (Fsp3) is 0.235. The van der Waals surface area contributed by atoms with Gasteiger partial charge in [0.25, 0.3) is 10.0 Å². The maximum atomic E-state index is 12.4. The monoisotopic (exact) mass is 345 g/mol. The number of hydrogen-bond donors (Lipinski definition) is 1. The number of anilines is 1. The second-order valence-corrected chi connectivity index (χ2v) is 7.25. The molecule has 0 aliphatic rings. The van der Waals surface area contributed by atoms with Crippen molar-refractivity contribution in [3.8, 4) is 0 Å². The number of nitrogens with one attached hydrogen (secondary N) is 1. The molecule has 0 spiro atoms. The first-order valence-corrected chi connectivity index (χ1v) is 8.78. The van der Waals surface area contributed by atoms with Crippen LogP contribution in [-0.4, -0.2) is 24.2 Å². The molecule has 6 nitrogen and oxygen atoms in total. The molecule has 2 rings (SSSR count). The van der Waals surface area contributed by atoms with Crippen molar-refractivity contribution in [2.45, 2.75) is 32.1 Å². The molecule has 0 radical (unpaired) electrons. The van der Waals surface area contributed by atoms with Gasteiger partial charge in [-0.25, -0.2) is 18.4 Å². The number of rotatable bonds is 6. The molecule has 0 fully saturated rings. The first-order chi connectivity index (χ1) is 11.2. The Morgan fingerprint density at radius 1 is 1.17 bits per heavy atom. The van der Waals surface area contributed by atoms with Crippen LogP contribution in [0.3, 0.4) is 0 Å². The summed E-state index contributed by atoms with van der Waals surface area (Å²) in [4.78, 5) is 19.9. The van der Waals surface area contributed by atoms with Crippen molar-refractivity contribution in [1.29, 1.82) is 0 Å². The van der Waals surface area contributed by atoms with Crippen LogP contribution in [0.25, 0.3) is 0 Å². The molecule has 1 N–H and O–H groups in total. The maximum Gasteiger partial charge on any atom is 0.263 e. The van der Waals surface area contributed by atoms with Gasteiger partial charge in [-0.15, -0.1) is 0 Å². The van der Waals surface area contributed by atoms with Gasteiger partial charge in [0.05, 0.1) is 4.90 Å². The number of sulfonamides is 1. The van der Waals surface area contributed by atoms with Gasteiger partial charge in [-0.1, -0.05) is 18.7 Å². The molecule has 1 heterocycles. The molecule has 1 aromatic carbocycles. The van der Waals surface area contributed by atoms with Gasteiger partial charge in [0.1, 0.15) is 11.6 Å². The van der Waals surface area contributed by atoms with Crippen LogP contribution < -0.4 is 4.72 Å². The maximum absolute atomic E-state index is 12.4. The lowest BCUT2D eigenvalue weighted by Gasteiger charge is -2.09. The van der Waals surface area contributed by atoms with Crippen molar-refractivity contribution in [2.24, 2.45) is 0 Å². The highest BCUT2D eigenvalue weighted by Crippen LogP contribution is 2.16. The standard InChI is InChI=1S/C17H19N3O3S/c1-11(2)16(21)10-14-5-7-15(8-6-14)24(22,23)20-17-9-12(3)18-13(4)19-17/h5-9H,1,10H2,2-4H3,(H,18,19,20). The van der Waals surface area contributed by atoms with Crippen LogP contribution in [0, 0.1) is 13.8 Å². The number of carbonyl (C=O) groups is 1. The van der Waals surface area contributed by atoms with Crippen LogP contribution in [0.15, 0.2) is 47.4 Å². The van der Waals surface area contributed by atoms with Gasteiger partial charge in [-0.3, -0.25) is 9.52 Å². The molecule has 0 saturated heterocycles. The molecule has 126 valence electrons.